The molecule has 1 unspecified atom stereocenters. The Labute approximate surface area is 169 Å². The van der Waals surface area contributed by atoms with Crippen molar-refractivity contribution in [3.05, 3.63) is 53.2 Å². The number of nitrogens with one attached hydrogen (secondary N) is 3. The van der Waals surface area contributed by atoms with Crippen molar-refractivity contribution in [1.82, 2.24) is 10.3 Å². The number of rotatable bonds is 3. The van der Waals surface area contributed by atoms with Gasteiger partial charge in [-0.3, -0.25) is 14.4 Å². The van der Waals surface area contributed by atoms with Crippen molar-refractivity contribution in [2.75, 3.05) is 17.2 Å². The Balaban J connectivity index is 1.47. The number of hydrogen-bond donors (Lipinski definition) is 3. The second-order valence-electron chi connectivity index (χ2n) is 8.75. The third-order valence-corrected chi connectivity index (χ3v) is 5.56. The maximum Gasteiger partial charge on any atom is 0.243 e. The molecular formula is C22H24N4O3. The minimum absolute atomic E-state index is 0.0297. The zero-order valence-electron chi connectivity index (χ0n) is 16.8. The molecule has 1 spiro atoms. The molecule has 1 aliphatic heterocycles. The van der Waals surface area contributed by atoms with Crippen molar-refractivity contribution in [3.63, 3.8) is 0 Å². The van der Waals surface area contributed by atoms with Crippen LogP contribution in [0.5, 0.6) is 0 Å². The van der Waals surface area contributed by atoms with Gasteiger partial charge < -0.3 is 16.0 Å². The van der Waals surface area contributed by atoms with Gasteiger partial charge in [0.05, 0.1) is 12.0 Å². The standard InChI is InChI=1S/C22H24N4O3/c1-21(2,3)19(28)24-12-17(27)25-15-7-6-13-10-22(11-14(13)9-15)16-5-4-8-23-18(16)26-20(22)29/h4-9H,10-12H2,1-3H3,(H,24,28)(H,25,27)(H,23,26,29). The minimum atomic E-state index is -0.630. The van der Waals surface area contributed by atoms with Crippen LogP contribution in [0, 0.1) is 5.41 Å². The molecule has 7 heteroatoms. The fourth-order valence-corrected chi connectivity index (χ4v) is 3.98. The highest BCUT2D eigenvalue weighted by atomic mass is 16.2. The first kappa shape index (κ1) is 19.1. The van der Waals surface area contributed by atoms with Crippen LogP contribution in [0.4, 0.5) is 11.5 Å². The Morgan fingerprint density at radius 2 is 1.93 bits per heavy atom. The van der Waals surface area contributed by atoms with Crippen molar-refractivity contribution >= 4 is 29.2 Å². The summed E-state index contributed by atoms with van der Waals surface area (Å²) in [7, 11) is 0. The first-order chi connectivity index (χ1) is 13.7. The highest BCUT2D eigenvalue weighted by Crippen LogP contribution is 2.46. The fraction of sp³-hybridized carbons (Fsp3) is 0.364. The van der Waals surface area contributed by atoms with Gasteiger partial charge in [-0.05, 0) is 42.2 Å². The Bertz CT molecular complexity index is 1020. The monoisotopic (exact) mass is 392 g/mol. The molecule has 29 heavy (non-hydrogen) atoms. The highest BCUT2D eigenvalue weighted by Gasteiger charge is 2.51. The topological polar surface area (TPSA) is 100 Å². The second kappa shape index (κ2) is 6.69. The number of hydrogen-bond acceptors (Lipinski definition) is 4. The molecule has 0 saturated heterocycles. The van der Waals surface area contributed by atoms with Gasteiger partial charge in [-0.15, -0.1) is 0 Å². The lowest BCUT2D eigenvalue weighted by Crippen LogP contribution is -2.39. The van der Waals surface area contributed by atoms with Gasteiger partial charge in [0.15, 0.2) is 0 Å². The first-order valence-corrected chi connectivity index (χ1v) is 9.66. The lowest BCUT2D eigenvalue weighted by atomic mass is 9.79. The van der Waals surface area contributed by atoms with Crippen LogP contribution < -0.4 is 16.0 Å². The molecule has 1 aromatic heterocycles. The summed E-state index contributed by atoms with van der Waals surface area (Å²) in [5.74, 6) is 0.137. The predicted molar refractivity (Wildman–Crippen MR) is 109 cm³/mol. The minimum Gasteiger partial charge on any atom is -0.347 e. The highest BCUT2D eigenvalue weighted by molar-refractivity contribution is 6.06. The predicted octanol–water partition coefficient (Wildman–Crippen LogP) is 2.17. The van der Waals surface area contributed by atoms with Crippen LogP contribution in [0.15, 0.2) is 36.5 Å². The van der Waals surface area contributed by atoms with E-state index < -0.39 is 10.8 Å². The summed E-state index contributed by atoms with van der Waals surface area (Å²) in [6.07, 6.45) is 2.85. The number of aromatic nitrogens is 1. The summed E-state index contributed by atoms with van der Waals surface area (Å²) in [6, 6.07) is 9.50. The SMILES string of the molecule is CC(C)(C)C(=O)NCC(=O)Nc1ccc2c(c1)CC1(C2)C(=O)Nc2ncccc21. The largest absolute Gasteiger partial charge is 0.347 e. The van der Waals surface area contributed by atoms with E-state index in [0.29, 0.717) is 24.3 Å². The smallest absolute Gasteiger partial charge is 0.243 e. The van der Waals surface area contributed by atoms with E-state index in [0.717, 1.165) is 16.7 Å². The van der Waals surface area contributed by atoms with Crippen LogP contribution in [0.2, 0.25) is 0 Å². The molecule has 3 amide bonds. The van der Waals surface area contributed by atoms with Gasteiger partial charge in [0.2, 0.25) is 17.7 Å². The van der Waals surface area contributed by atoms with Gasteiger partial charge in [-0.25, -0.2) is 4.98 Å². The normalized spacial score (nSPS) is 19.5. The molecule has 7 nitrogen and oxygen atoms in total. The molecule has 2 aliphatic rings. The summed E-state index contributed by atoms with van der Waals surface area (Å²) in [4.78, 5) is 41.2. The average Bonchev–Trinajstić information content (AvgIpc) is 3.17. The molecule has 0 radical (unpaired) electrons. The van der Waals surface area contributed by atoms with Crippen LogP contribution in [0.1, 0.15) is 37.5 Å². The maximum absolute atomic E-state index is 12.8. The third kappa shape index (κ3) is 3.37. The van der Waals surface area contributed by atoms with E-state index in [-0.39, 0.29) is 24.3 Å². The van der Waals surface area contributed by atoms with Crippen molar-refractivity contribution < 1.29 is 14.4 Å². The van der Waals surface area contributed by atoms with E-state index in [1.807, 2.05) is 30.3 Å². The number of benzene rings is 1. The Hall–Kier alpha value is -3.22. The number of nitrogens with zero attached hydrogens (tertiary/aromatic N) is 1. The van der Waals surface area contributed by atoms with E-state index in [1.165, 1.54) is 0 Å². The van der Waals surface area contributed by atoms with E-state index >= 15 is 0 Å². The zero-order valence-corrected chi connectivity index (χ0v) is 16.8. The van der Waals surface area contributed by atoms with Crippen molar-refractivity contribution in [2.45, 2.75) is 39.0 Å². The molecule has 150 valence electrons. The Kier molecular flexibility index (Phi) is 4.41. The molecule has 0 saturated carbocycles. The molecule has 3 N–H and O–H groups in total. The first-order valence-electron chi connectivity index (χ1n) is 9.66. The van der Waals surface area contributed by atoms with E-state index in [1.54, 1.807) is 27.0 Å². The molecule has 0 fully saturated rings. The van der Waals surface area contributed by atoms with Gasteiger partial charge in [-0.1, -0.05) is 32.9 Å². The Morgan fingerprint density at radius 3 is 2.69 bits per heavy atom. The van der Waals surface area contributed by atoms with Crippen LogP contribution >= 0.6 is 0 Å². The van der Waals surface area contributed by atoms with Crippen LogP contribution in [-0.2, 0) is 32.6 Å². The van der Waals surface area contributed by atoms with Crippen molar-refractivity contribution in [3.8, 4) is 0 Å². The number of carbonyl (C=O) groups excluding carboxylic acids is 3. The van der Waals surface area contributed by atoms with Crippen molar-refractivity contribution in [1.29, 1.82) is 0 Å². The van der Waals surface area contributed by atoms with Gasteiger partial charge in [0.1, 0.15) is 5.82 Å². The zero-order chi connectivity index (χ0) is 20.8. The maximum atomic E-state index is 12.8. The molecule has 1 aromatic carbocycles. The lowest BCUT2D eigenvalue weighted by molar-refractivity contribution is -0.130. The van der Waals surface area contributed by atoms with Gasteiger partial charge >= 0.3 is 0 Å². The van der Waals surface area contributed by atoms with Crippen LogP contribution in [0.3, 0.4) is 0 Å². The number of carbonyl (C=O) groups is 3. The van der Waals surface area contributed by atoms with E-state index in [9.17, 15) is 14.4 Å². The summed E-state index contributed by atoms with van der Waals surface area (Å²) in [5, 5.41) is 8.35. The molecular weight excluding hydrogens is 368 g/mol. The van der Waals surface area contributed by atoms with Gasteiger partial charge in [0.25, 0.3) is 0 Å². The van der Waals surface area contributed by atoms with Crippen LogP contribution in [0.25, 0.3) is 0 Å². The van der Waals surface area contributed by atoms with E-state index in [4.69, 9.17) is 0 Å². The molecule has 4 rings (SSSR count). The number of anilines is 2. The summed E-state index contributed by atoms with van der Waals surface area (Å²) < 4.78 is 0. The molecule has 1 atom stereocenters. The van der Waals surface area contributed by atoms with Gasteiger partial charge in [0, 0.05) is 22.9 Å². The number of amides is 3. The second-order valence-corrected chi connectivity index (χ2v) is 8.75. The van der Waals surface area contributed by atoms with E-state index in [2.05, 4.69) is 20.9 Å². The number of fused-ring (bicyclic) bond motifs is 3. The quantitative estimate of drug-likeness (QED) is 0.745. The third-order valence-electron chi connectivity index (χ3n) is 5.56. The molecule has 2 aromatic rings. The number of pyridine rings is 1. The summed E-state index contributed by atoms with van der Waals surface area (Å²) >= 11 is 0. The summed E-state index contributed by atoms with van der Waals surface area (Å²) in [5.41, 5.74) is 2.53. The van der Waals surface area contributed by atoms with Crippen molar-refractivity contribution in [2.24, 2.45) is 5.41 Å². The molecule has 1 aliphatic carbocycles. The lowest BCUT2D eigenvalue weighted by Gasteiger charge is -2.20. The van der Waals surface area contributed by atoms with Gasteiger partial charge in [-0.2, -0.15) is 0 Å². The summed E-state index contributed by atoms with van der Waals surface area (Å²) in [6.45, 7) is 5.30. The molecule has 2 heterocycles. The Morgan fingerprint density at radius 1 is 1.17 bits per heavy atom. The average molecular weight is 392 g/mol. The van der Waals surface area contributed by atoms with Crippen LogP contribution in [-0.4, -0.2) is 29.3 Å². The molecule has 0 bridgehead atoms. The fourth-order valence-electron chi connectivity index (χ4n) is 3.98.